The number of nitrogens with zero attached hydrogens (tertiary/aromatic N) is 2. The third-order valence-corrected chi connectivity index (χ3v) is 2.28. The number of carbonyl (C=O) groups is 1. The van der Waals surface area contributed by atoms with Crippen molar-refractivity contribution in [3.8, 4) is 12.3 Å². The number of amides is 1. The predicted octanol–water partition coefficient (Wildman–Crippen LogP) is 0.598. The molecule has 0 spiro atoms. The molecular formula is C8H9N3OS. The summed E-state index contributed by atoms with van der Waals surface area (Å²) in [7, 11) is 0. The molecule has 0 aliphatic heterocycles. The van der Waals surface area contributed by atoms with Crippen LogP contribution in [0.2, 0.25) is 0 Å². The molecule has 1 heterocycles. The maximum Gasteiger partial charge on any atom is 0.265 e. The fourth-order valence-corrected chi connectivity index (χ4v) is 1.30. The smallest absolute Gasteiger partial charge is 0.265 e. The van der Waals surface area contributed by atoms with Crippen molar-refractivity contribution < 1.29 is 4.79 Å². The molecule has 0 saturated carbocycles. The van der Waals surface area contributed by atoms with Crippen molar-refractivity contribution in [3.63, 3.8) is 0 Å². The average Bonchev–Trinajstić information content (AvgIpc) is 2.51. The van der Waals surface area contributed by atoms with Crippen molar-refractivity contribution in [1.29, 1.82) is 0 Å². The van der Waals surface area contributed by atoms with Crippen LogP contribution < -0.4 is 5.32 Å². The van der Waals surface area contributed by atoms with Crippen molar-refractivity contribution in [2.45, 2.75) is 19.9 Å². The second-order valence-corrected chi connectivity index (χ2v) is 3.30. The van der Waals surface area contributed by atoms with E-state index in [2.05, 4.69) is 20.8 Å². The maximum absolute atomic E-state index is 11.4. The maximum atomic E-state index is 11.4. The van der Waals surface area contributed by atoms with Gasteiger partial charge in [-0.05, 0) is 25.4 Å². The third kappa shape index (κ3) is 2.26. The van der Waals surface area contributed by atoms with Gasteiger partial charge in [0.2, 0.25) is 0 Å². The minimum atomic E-state index is -0.269. The van der Waals surface area contributed by atoms with Crippen molar-refractivity contribution >= 4 is 17.4 Å². The monoisotopic (exact) mass is 195 g/mol. The fraction of sp³-hybridized carbons (Fsp3) is 0.375. The van der Waals surface area contributed by atoms with Gasteiger partial charge >= 0.3 is 0 Å². The largest absolute Gasteiger partial charge is 0.338 e. The Balaban J connectivity index is 2.71. The normalized spacial score (nSPS) is 11.8. The van der Waals surface area contributed by atoms with Gasteiger partial charge in [0.25, 0.3) is 5.91 Å². The number of aromatic nitrogens is 2. The van der Waals surface area contributed by atoms with Gasteiger partial charge in [-0.1, -0.05) is 10.4 Å². The first-order valence-corrected chi connectivity index (χ1v) is 4.48. The highest BCUT2D eigenvalue weighted by molar-refractivity contribution is 7.08. The standard InChI is InChI=1S/C8H9N3OS/c1-4-5(2)9-8(12)7-6(3)10-11-13-7/h1,5H,2-3H3,(H,9,12). The molecule has 0 radical (unpaired) electrons. The first kappa shape index (κ1) is 9.68. The predicted molar refractivity (Wildman–Crippen MR) is 50.4 cm³/mol. The molecule has 0 saturated heterocycles. The zero-order valence-electron chi connectivity index (χ0n) is 7.37. The van der Waals surface area contributed by atoms with Gasteiger partial charge in [-0.15, -0.1) is 11.5 Å². The lowest BCUT2D eigenvalue weighted by molar-refractivity contribution is 0.0951. The summed E-state index contributed by atoms with van der Waals surface area (Å²) in [4.78, 5) is 11.9. The lowest BCUT2D eigenvalue weighted by Crippen LogP contribution is -2.31. The molecule has 1 atom stereocenters. The van der Waals surface area contributed by atoms with Gasteiger partial charge in [0.15, 0.2) is 0 Å². The van der Waals surface area contributed by atoms with E-state index in [0.29, 0.717) is 10.6 Å². The zero-order valence-corrected chi connectivity index (χ0v) is 8.18. The Morgan fingerprint density at radius 3 is 2.92 bits per heavy atom. The summed E-state index contributed by atoms with van der Waals surface area (Å²) < 4.78 is 3.66. The summed E-state index contributed by atoms with van der Waals surface area (Å²) in [6.45, 7) is 3.47. The molecule has 0 aliphatic carbocycles. The van der Waals surface area contributed by atoms with Gasteiger partial charge in [-0.3, -0.25) is 4.79 Å². The minimum absolute atomic E-state index is 0.210. The van der Waals surface area contributed by atoms with Crippen molar-refractivity contribution in [2.24, 2.45) is 0 Å². The Hall–Kier alpha value is -1.41. The van der Waals surface area contributed by atoms with Crippen molar-refractivity contribution in [1.82, 2.24) is 14.9 Å². The molecule has 0 aliphatic rings. The van der Waals surface area contributed by atoms with E-state index >= 15 is 0 Å². The van der Waals surface area contributed by atoms with Gasteiger partial charge in [0.05, 0.1) is 11.7 Å². The Morgan fingerprint density at radius 2 is 2.46 bits per heavy atom. The van der Waals surface area contributed by atoms with E-state index in [0.717, 1.165) is 11.5 Å². The molecule has 1 rings (SSSR count). The van der Waals surface area contributed by atoms with Gasteiger partial charge in [0.1, 0.15) is 4.88 Å². The Labute approximate surface area is 80.5 Å². The fourth-order valence-electron chi connectivity index (χ4n) is 0.744. The van der Waals surface area contributed by atoms with Crippen molar-refractivity contribution in [2.75, 3.05) is 0 Å². The number of hydrogen-bond acceptors (Lipinski definition) is 4. The molecule has 1 N–H and O–H groups in total. The van der Waals surface area contributed by atoms with Gasteiger partial charge in [-0.25, -0.2) is 0 Å². The Bertz CT molecular complexity index is 353. The average molecular weight is 195 g/mol. The summed E-state index contributed by atoms with van der Waals surface area (Å²) in [6, 6.07) is -0.269. The quantitative estimate of drug-likeness (QED) is 0.703. The highest BCUT2D eigenvalue weighted by Gasteiger charge is 2.13. The van der Waals surface area contributed by atoms with E-state index in [4.69, 9.17) is 6.42 Å². The third-order valence-electron chi connectivity index (χ3n) is 1.46. The van der Waals surface area contributed by atoms with E-state index < -0.39 is 0 Å². The summed E-state index contributed by atoms with van der Waals surface area (Å²) in [5.41, 5.74) is 0.631. The van der Waals surface area contributed by atoms with Crippen LogP contribution in [-0.4, -0.2) is 21.5 Å². The molecule has 1 aromatic rings. The lowest BCUT2D eigenvalue weighted by atomic mass is 10.3. The van der Waals surface area contributed by atoms with Crippen LogP contribution in [0.4, 0.5) is 0 Å². The van der Waals surface area contributed by atoms with Crippen LogP contribution in [0.25, 0.3) is 0 Å². The number of nitrogens with one attached hydrogen (secondary N) is 1. The topological polar surface area (TPSA) is 54.9 Å². The number of rotatable bonds is 2. The van der Waals surface area contributed by atoms with E-state index in [1.807, 2.05) is 0 Å². The van der Waals surface area contributed by atoms with Crippen LogP contribution in [0.5, 0.6) is 0 Å². The van der Waals surface area contributed by atoms with Crippen LogP contribution in [0, 0.1) is 19.3 Å². The first-order valence-electron chi connectivity index (χ1n) is 3.71. The number of hydrogen-bond donors (Lipinski definition) is 1. The molecule has 0 aromatic carbocycles. The second-order valence-electron chi connectivity index (χ2n) is 2.55. The molecule has 68 valence electrons. The summed E-state index contributed by atoms with van der Waals surface area (Å²) in [5.74, 6) is 2.20. The Morgan fingerprint density at radius 1 is 1.77 bits per heavy atom. The lowest BCUT2D eigenvalue weighted by Gasteiger charge is -2.05. The summed E-state index contributed by atoms with van der Waals surface area (Å²) in [6.07, 6.45) is 5.12. The van der Waals surface area contributed by atoms with Crippen molar-refractivity contribution in [3.05, 3.63) is 10.6 Å². The van der Waals surface area contributed by atoms with Crippen LogP contribution in [0.15, 0.2) is 0 Å². The van der Waals surface area contributed by atoms with E-state index in [1.165, 1.54) is 0 Å². The molecule has 0 fully saturated rings. The van der Waals surface area contributed by atoms with Gasteiger partial charge in [0, 0.05) is 0 Å². The molecule has 1 unspecified atom stereocenters. The molecule has 1 aromatic heterocycles. The SMILES string of the molecule is C#CC(C)NC(=O)c1snnc1C. The molecule has 4 nitrogen and oxygen atoms in total. The number of carbonyl (C=O) groups excluding carboxylic acids is 1. The minimum Gasteiger partial charge on any atom is -0.338 e. The summed E-state index contributed by atoms with van der Waals surface area (Å²) >= 11 is 1.07. The van der Waals surface area contributed by atoms with Crippen LogP contribution in [0.1, 0.15) is 22.3 Å². The van der Waals surface area contributed by atoms with Crippen LogP contribution >= 0.6 is 11.5 Å². The molecule has 0 bridgehead atoms. The first-order chi connectivity index (χ1) is 6.15. The molecule has 13 heavy (non-hydrogen) atoms. The number of aryl methyl sites for hydroxylation is 1. The van der Waals surface area contributed by atoms with Gasteiger partial charge in [-0.2, -0.15) is 0 Å². The summed E-state index contributed by atoms with van der Waals surface area (Å²) in [5, 5.41) is 6.35. The Kier molecular flexibility index (Phi) is 2.98. The second kappa shape index (κ2) is 4.01. The van der Waals surface area contributed by atoms with E-state index in [1.54, 1.807) is 13.8 Å². The van der Waals surface area contributed by atoms with Gasteiger partial charge < -0.3 is 5.32 Å². The molecule has 1 amide bonds. The molecular weight excluding hydrogens is 186 g/mol. The van der Waals surface area contributed by atoms with E-state index in [-0.39, 0.29) is 11.9 Å². The van der Waals surface area contributed by atoms with Crippen LogP contribution in [-0.2, 0) is 0 Å². The zero-order chi connectivity index (χ0) is 9.84. The molecule has 5 heteroatoms. The highest BCUT2D eigenvalue weighted by Crippen LogP contribution is 2.08. The van der Waals surface area contributed by atoms with Crippen LogP contribution in [0.3, 0.4) is 0 Å². The van der Waals surface area contributed by atoms with E-state index in [9.17, 15) is 4.79 Å². The number of terminal acetylenes is 1. The highest BCUT2D eigenvalue weighted by atomic mass is 32.1.